The Morgan fingerprint density at radius 2 is 1.10 bits per heavy atom. The van der Waals surface area contributed by atoms with E-state index in [-0.39, 0.29) is 99.6 Å². The number of hydrogen-bond donors (Lipinski definition) is 0. The third kappa shape index (κ3) is 22.5. The molecule has 0 aliphatic carbocycles. The Morgan fingerprint density at radius 1 is 0.900 bits per heavy atom. The Bertz CT molecular complexity index is 36.1. The van der Waals surface area contributed by atoms with Crippen molar-refractivity contribution >= 4 is 10.9 Å². The molecular formula is C5H13HgI3S. The number of hydrogen-bond acceptors (Lipinski definition) is 0. The molecule has 0 N–H and O–H groups in total. The summed E-state index contributed by atoms with van der Waals surface area (Å²) >= 11 is 0. The smallest absolute Gasteiger partial charge is 1.00 e. The minimum atomic E-state index is 0. The molecule has 10 heavy (non-hydrogen) atoms. The van der Waals surface area contributed by atoms with Gasteiger partial charge in [0.15, 0.2) is 0 Å². The first-order valence-corrected chi connectivity index (χ1v) is 4.37. The molecule has 0 aromatic rings. The molecule has 0 saturated heterocycles. The van der Waals surface area contributed by atoms with Crippen molar-refractivity contribution in [1.29, 1.82) is 0 Å². The van der Waals surface area contributed by atoms with Gasteiger partial charge in [-0.1, -0.05) is 0 Å². The molecule has 0 nitrogen and oxygen atoms in total. The second kappa shape index (κ2) is 22.9. The molecule has 5 heteroatoms. The van der Waals surface area contributed by atoms with Crippen LogP contribution in [0.2, 0.25) is 0 Å². The molecule has 0 rings (SSSR count). The van der Waals surface area contributed by atoms with Gasteiger partial charge in [-0.3, -0.25) is 0 Å². The van der Waals surface area contributed by atoms with Crippen molar-refractivity contribution in [2.45, 2.75) is 13.8 Å². The molecule has 0 aliphatic heterocycles. The van der Waals surface area contributed by atoms with Gasteiger partial charge in [0.25, 0.3) is 0 Å². The second-order valence-electron chi connectivity index (χ2n) is 1.36. The summed E-state index contributed by atoms with van der Waals surface area (Å²) in [5, 5.41) is 0. The van der Waals surface area contributed by atoms with Crippen LogP contribution in [0.15, 0.2) is 0 Å². The molecule has 0 fully saturated rings. The zero-order valence-corrected chi connectivity index (χ0v) is 19.5. The van der Waals surface area contributed by atoms with Crippen LogP contribution in [0.4, 0.5) is 0 Å². The summed E-state index contributed by atoms with van der Waals surface area (Å²) in [6.07, 6.45) is 2.31. The van der Waals surface area contributed by atoms with Crippen LogP contribution in [0.5, 0.6) is 0 Å². The summed E-state index contributed by atoms with van der Waals surface area (Å²) in [5.41, 5.74) is 0. The molecule has 0 radical (unpaired) electrons. The van der Waals surface area contributed by atoms with E-state index in [4.69, 9.17) is 0 Å². The van der Waals surface area contributed by atoms with Gasteiger partial charge < -0.3 is 71.9 Å². The van der Waals surface area contributed by atoms with Gasteiger partial charge >= 0.3 is 27.7 Å². The molecule has 0 spiro atoms. The maximum atomic E-state index is 2.31. The fourth-order valence-corrected chi connectivity index (χ4v) is 0.612. The van der Waals surface area contributed by atoms with Crippen molar-refractivity contribution in [3.63, 3.8) is 0 Å². The summed E-state index contributed by atoms with van der Waals surface area (Å²) < 4.78 is 0. The topological polar surface area (TPSA) is 0 Å². The largest absolute Gasteiger partial charge is 2.00 e. The van der Waals surface area contributed by atoms with Gasteiger partial charge in [0.05, 0.1) is 6.26 Å². The fourth-order valence-electron chi connectivity index (χ4n) is 0.204. The third-order valence-corrected chi connectivity index (χ3v) is 2.96. The average Bonchev–Trinajstić information content (AvgIpc) is 1.65. The standard InChI is InChI=1S/C5H13S.Hg.3HI/c1-4-6(3)5-2;;;;/h4-5H2,1-3H3;;3*1H/q+1;+2;;;/p-3. The van der Waals surface area contributed by atoms with Crippen LogP contribution in [0.1, 0.15) is 13.8 Å². The van der Waals surface area contributed by atoms with Gasteiger partial charge in [-0.25, -0.2) is 0 Å². The predicted octanol–water partition coefficient (Wildman–Crippen LogP) is -7.72. The molecule has 0 saturated carbocycles. The van der Waals surface area contributed by atoms with E-state index >= 15 is 0 Å². The summed E-state index contributed by atoms with van der Waals surface area (Å²) in [7, 11) is 0.716. The molecule has 0 aliphatic rings. The van der Waals surface area contributed by atoms with E-state index < -0.39 is 0 Å². The van der Waals surface area contributed by atoms with E-state index in [0.29, 0.717) is 10.9 Å². The van der Waals surface area contributed by atoms with E-state index in [1.165, 1.54) is 11.5 Å². The Morgan fingerprint density at radius 3 is 1.10 bits per heavy atom. The van der Waals surface area contributed by atoms with Crippen molar-refractivity contribution in [3.8, 4) is 0 Å². The number of halogens is 3. The molecule has 0 heterocycles. The van der Waals surface area contributed by atoms with Crippen LogP contribution in [0.25, 0.3) is 0 Å². The Labute approximate surface area is 139 Å². The van der Waals surface area contributed by atoms with Crippen LogP contribution in [0, 0.1) is 0 Å². The molecule has 0 unspecified atom stereocenters. The van der Waals surface area contributed by atoms with Crippen LogP contribution >= 0.6 is 0 Å². The van der Waals surface area contributed by atoms with Gasteiger partial charge in [0, 0.05) is 0 Å². The summed E-state index contributed by atoms with van der Waals surface area (Å²) in [6, 6.07) is 0. The van der Waals surface area contributed by atoms with Gasteiger partial charge in [0.2, 0.25) is 0 Å². The molecule has 0 bridgehead atoms. The quantitative estimate of drug-likeness (QED) is 0.154. The van der Waals surface area contributed by atoms with Gasteiger partial charge in [-0.2, -0.15) is 0 Å². The minimum absolute atomic E-state index is 0. The van der Waals surface area contributed by atoms with Gasteiger partial charge in [0.1, 0.15) is 11.5 Å². The van der Waals surface area contributed by atoms with Crippen LogP contribution in [0.3, 0.4) is 0 Å². The first-order valence-electron chi connectivity index (χ1n) is 2.40. The molecule has 0 aromatic heterocycles. The summed E-state index contributed by atoms with van der Waals surface area (Å²) in [4.78, 5) is 0. The van der Waals surface area contributed by atoms with Crippen molar-refractivity contribution in [2.75, 3.05) is 17.8 Å². The van der Waals surface area contributed by atoms with Crippen molar-refractivity contribution < 1.29 is 99.6 Å². The monoisotopic (exact) mass is 688 g/mol. The predicted molar refractivity (Wildman–Crippen MR) is 34.4 cm³/mol. The van der Waals surface area contributed by atoms with E-state index in [1.54, 1.807) is 0 Å². The Kier molecular flexibility index (Phi) is 66.8. The minimum Gasteiger partial charge on any atom is -1.00 e. The summed E-state index contributed by atoms with van der Waals surface area (Å²) in [5.74, 6) is 2.72. The average molecular weight is 687 g/mol. The Hall–Kier alpha value is 3.48. The number of rotatable bonds is 2. The second-order valence-corrected chi connectivity index (χ2v) is 4.08. The SMILES string of the molecule is CC[S+](C)CC.[Hg+2].[I-].[I-].[I-]. The zero-order valence-electron chi connectivity index (χ0n) is 6.66. The van der Waals surface area contributed by atoms with E-state index in [9.17, 15) is 0 Å². The fraction of sp³-hybridized carbons (Fsp3) is 1.00. The van der Waals surface area contributed by atoms with Crippen molar-refractivity contribution in [2.24, 2.45) is 0 Å². The van der Waals surface area contributed by atoms with E-state index in [1.807, 2.05) is 0 Å². The Balaban J connectivity index is -0.0000000208. The van der Waals surface area contributed by atoms with Crippen LogP contribution < -0.4 is 71.9 Å². The van der Waals surface area contributed by atoms with Gasteiger partial charge in [-0.05, 0) is 24.7 Å². The third-order valence-electron chi connectivity index (χ3n) is 0.986. The van der Waals surface area contributed by atoms with E-state index in [2.05, 4.69) is 20.1 Å². The van der Waals surface area contributed by atoms with Crippen LogP contribution in [-0.4, -0.2) is 17.8 Å². The van der Waals surface area contributed by atoms with Crippen molar-refractivity contribution in [3.05, 3.63) is 0 Å². The molecule has 62 valence electrons. The van der Waals surface area contributed by atoms with Crippen LogP contribution in [-0.2, 0) is 38.6 Å². The first kappa shape index (κ1) is 29.2. The molecule has 0 amide bonds. The van der Waals surface area contributed by atoms with E-state index in [0.717, 1.165) is 0 Å². The first-order chi connectivity index (χ1) is 2.81. The molecular weight excluding hydrogens is 673 g/mol. The normalized spacial score (nSPS) is 6.00. The molecule has 0 aromatic carbocycles. The zero-order chi connectivity index (χ0) is 4.99. The maximum absolute atomic E-state index is 2.31. The van der Waals surface area contributed by atoms with Gasteiger partial charge in [-0.15, -0.1) is 0 Å². The summed E-state index contributed by atoms with van der Waals surface area (Å²) in [6.45, 7) is 4.49. The maximum Gasteiger partial charge on any atom is 2.00 e. The molecule has 0 atom stereocenters. The van der Waals surface area contributed by atoms with Crippen molar-refractivity contribution in [1.82, 2.24) is 0 Å².